The lowest BCUT2D eigenvalue weighted by molar-refractivity contribution is 0.101. The van der Waals surface area contributed by atoms with E-state index >= 15 is 0 Å². The van der Waals surface area contributed by atoms with E-state index in [9.17, 15) is 4.79 Å². The molecule has 12 heavy (non-hydrogen) atoms. The summed E-state index contributed by atoms with van der Waals surface area (Å²) in [6.07, 6.45) is 2.69. The second-order valence-electron chi connectivity index (χ2n) is 2.44. The molecule has 0 radical (unpaired) electrons. The van der Waals surface area contributed by atoms with Crippen LogP contribution in [0.25, 0.3) is 0 Å². The van der Waals surface area contributed by atoms with Crippen molar-refractivity contribution in [3.05, 3.63) is 24.0 Å². The van der Waals surface area contributed by atoms with Crippen molar-refractivity contribution >= 4 is 18.4 Å². The minimum absolute atomic E-state index is 0.148. The van der Waals surface area contributed by atoms with Crippen molar-refractivity contribution < 1.29 is 14.8 Å². The summed E-state index contributed by atoms with van der Waals surface area (Å²) in [7, 11) is -1.57. The van der Waals surface area contributed by atoms with Crippen LogP contribution in [0.1, 0.15) is 17.3 Å². The van der Waals surface area contributed by atoms with Gasteiger partial charge in [0.05, 0.1) is 0 Å². The third kappa shape index (κ3) is 1.90. The molecule has 2 N–H and O–H groups in total. The minimum atomic E-state index is -1.57. The standard InChI is InChI=1S/C7H8BNO3/c1-5(10)6-2-7(8(11)12)4-9-3-6/h2-4,11-12H,1H3. The van der Waals surface area contributed by atoms with Crippen molar-refractivity contribution in [3.8, 4) is 0 Å². The minimum Gasteiger partial charge on any atom is -0.423 e. The SMILES string of the molecule is CC(=O)c1cncc(B(O)O)c1. The number of hydrogen-bond acceptors (Lipinski definition) is 4. The van der Waals surface area contributed by atoms with E-state index in [1.807, 2.05) is 0 Å². The fraction of sp³-hybridized carbons (Fsp3) is 0.143. The van der Waals surface area contributed by atoms with Crippen LogP contribution in [-0.4, -0.2) is 27.9 Å². The highest BCUT2D eigenvalue weighted by Gasteiger charge is 2.12. The summed E-state index contributed by atoms with van der Waals surface area (Å²) in [5.74, 6) is -0.148. The Morgan fingerprint density at radius 1 is 1.50 bits per heavy atom. The Morgan fingerprint density at radius 3 is 2.67 bits per heavy atom. The molecule has 1 aromatic rings. The van der Waals surface area contributed by atoms with Gasteiger partial charge in [-0.2, -0.15) is 0 Å². The Labute approximate surface area is 70.0 Å². The number of hydrogen-bond donors (Lipinski definition) is 2. The number of nitrogens with zero attached hydrogens (tertiary/aromatic N) is 1. The predicted molar refractivity (Wildman–Crippen MR) is 44.1 cm³/mol. The van der Waals surface area contributed by atoms with Gasteiger partial charge in [0.2, 0.25) is 0 Å². The van der Waals surface area contributed by atoms with Crippen molar-refractivity contribution in [1.29, 1.82) is 0 Å². The molecule has 0 amide bonds. The summed E-state index contributed by atoms with van der Waals surface area (Å²) in [6, 6.07) is 1.40. The molecule has 0 saturated carbocycles. The molecule has 0 aliphatic carbocycles. The Balaban J connectivity index is 3.04. The molecule has 0 aromatic carbocycles. The van der Waals surface area contributed by atoms with Crippen molar-refractivity contribution in [3.63, 3.8) is 0 Å². The van der Waals surface area contributed by atoms with Crippen LogP contribution in [0.4, 0.5) is 0 Å². The molecule has 0 fully saturated rings. The molecule has 0 bridgehead atoms. The number of pyridine rings is 1. The molecule has 1 rings (SSSR count). The van der Waals surface area contributed by atoms with Crippen molar-refractivity contribution in [1.82, 2.24) is 4.98 Å². The van der Waals surface area contributed by atoms with Crippen molar-refractivity contribution in [2.24, 2.45) is 0 Å². The van der Waals surface area contributed by atoms with Gasteiger partial charge in [-0.15, -0.1) is 0 Å². The molecule has 5 heteroatoms. The lowest BCUT2D eigenvalue weighted by Gasteiger charge is -1.99. The van der Waals surface area contributed by atoms with Crippen LogP contribution >= 0.6 is 0 Å². The first kappa shape index (κ1) is 8.90. The summed E-state index contributed by atoms with van der Waals surface area (Å²) in [5, 5.41) is 17.5. The Morgan fingerprint density at radius 2 is 2.17 bits per heavy atom. The molecule has 0 saturated heterocycles. The Bertz CT molecular complexity index is 300. The third-order valence-corrected chi connectivity index (χ3v) is 1.46. The van der Waals surface area contributed by atoms with Crippen LogP contribution < -0.4 is 5.46 Å². The highest BCUT2D eigenvalue weighted by atomic mass is 16.4. The molecule has 0 unspecified atom stereocenters. The lowest BCUT2D eigenvalue weighted by Crippen LogP contribution is -2.30. The molecule has 0 aliphatic heterocycles. The molecular weight excluding hydrogens is 157 g/mol. The number of carbonyl (C=O) groups excluding carboxylic acids is 1. The fourth-order valence-electron chi connectivity index (χ4n) is 0.791. The summed E-state index contributed by atoms with van der Waals surface area (Å²) >= 11 is 0. The van der Waals surface area contributed by atoms with Crippen LogP contribution in [0.5, 0.6) is 0 Å². The number of aromatic nitrogens is 1. The lowest BCUT2D eigenvalue weighted by atomic mass is 9.81. The number of ketones is 1. The van der Waals surface area contributed by atoms with Crippen LogP contribution in [0.3, 0.4) is 0 Å². The molecule has 62 valence electrons. The summed E-state index contributed by atoms with van der Waals surface area (Å²) < 4.78 is 0. The van der Waals surface area contributed by atoms with E-state index in [1.165, 1.54) is 25.4 Å². The topological polar surface area (TPSA) is 70.4 Å². The first-order valence-corrected chi connectivity index (χ1v) is 3.43. The molecule has 0 spiro atoms. The van der Waals surface area contributed by atoms with Crippen LogP contribution in [-0.2, 0) is 0 Å². The highest BCUT2D eigenvalue weighted by molar-refractivity contribution is 6.58. The largest absolute Gasteiger partial charge is 0.490 e. The van der Waals surface area contributed by atoms with E-state index in [2.05, 4.69) is 4.98 Å². The maximum atomic E-state index is 10.8. The molecule has 1 heterocycles. The predicted octanol–water partition coefficient (Wildman–Crippen LogP) is -1.04. The van der Waals surface area contributed by atoms with Crippen LogP contribution in [0, 0.1) is 0 Å². The zero-order valence-corrected chi connectivity index (χ0v) is 6.56. The van der Waals surface area contributed by atoms with Gasteiger partial charge in [-0.25, -0.2) is 0 Å². The summed E-state index contributed by atoms with van der Waals surface area (Å²) in [4.78, 5) is 14.5. The molecular formula is C7H8BNO3. The summed E-state index contributed by atoms with van der Waals surface area (Å²) in [5.41, 5.74) is 0.600. The Hall–Kier alpha value is -1.20. The fourth-order valence-corrected chi connectivity index (χ4v) is 0.791. The van der Waals surface area contributed by atoms with Crippen molar-refractivity contribution in [2.75, 3.05) is 0 Å². The van der Waals surface area contributed by atoms with Gasteiger partial charge < -0.3 is 10.0 Å². The second kappa shape index (κ2) is 3.47. The molecule has 0 atom stereocenters. The van der Waals surface area contributed by atoms with Gasteiger partial charge in [-0.3, -0.25) is 9.78 Å². The molecule has 0 aliphatic rings. The second-order valence-corrected chi connectivity index (χ2v) is 2.44. The quantitative estimate of drug-likeness (QED) is 0.433. The number of Topliss-reactive ketones (excluding diaryl/α,β-unsaturated/α-hetero) is 1. The zero-order valence-electron chi connectivity index (χ0n) is 6.56. The number of carbonyl (C=O) groups is 1. The van der Waals surface area contributed by atoms with Gasteiger partial charge in [0.25, 0.3) is 0 Å². The monoisotopic (exact) mass is 165 g/mol. The number of rotatable bonds is 2. The normalized spacial score (nSPS) is 9.58. The third-order valence-electron chi connectivity index (χ3n) is 1.46. The van der Waals surface area contributed by atoms with E-state index < -0.39 is 7.12 Å². The van der Waals surface area contributed by atoms with E-state index in [0.717, 1.165) is 0 Å². The smallest absolute Gasteiger partial charge is 0.423 e. The van der Waals surface area contributed by atoms with Gasteiger partial charge in [-0.05, 0) is 13.0 Å². The van der Waals surface area contributed by atoms with E-state index in [1.54, 1.807) is 0 Å². The van der Waals surface area contributed by atoms with E-state index in [-0.39, 0.29) is 11.2 Å². The van der Waals surface area contributed by atoms with Gasteiger partial charge in [0.1, 0.15) is 0 Å². The van der Waals surface area contributed by atoms with Gasteiger partial charge >= 0.3 is 7.12 Å². The Kier molecular flexibility index (Phi) is 2.57. The summed E-state index contributed by atoms with van der Waals surface area (Å²) in [6.45, 7) is 1.39. The first-order valence-electron chi connectivity index (χ1n) is 3.43. The average molecular weight is 165 g/mol. The van der Waals surface area contributed by atoms with Crippen LogP contribution in [0.15, 0.2) is 18.5 Å². The molecule has 4 nitrogen and oxygen atoms in total. The van der Waals surface area contributed by atoms with E-state index in [0.29, 0.717) is 5.56 Å². The van der Waals surface area contributed by atoms with Gasteiger partial charge in [0.15, 0.2) is 5.78 Å². The van der Waals surface area contributed by atoms with Gasteiger partial charge in [-0.1, -0.05) is 0 Å². The first-order chi connectivity index (χ1) is 5.61. The van der Waals surface area contributed by atoms with Crippen molar-refractivity contribution in [2.45, 2.75) is 6.92 Å². The van der Waals surface area contributed by atoms with Gasteiger partial charge in [0, 0.05) is 23.4 Å². The zero-order chi connectivity index (χ0) is 9.14. The molecule has 1 aromatic heterocycles. The van der Waals surface area contributed by atoms with E-state index in [4.69, 9.17) is 10.0 Å². The highest BCUT2D eigenvalue weighted by Crippen LogP contribution is 1.94. The maximum absolute atomic E-state index is 10.8. The maximum Gasteiger partial charge on any atom is 0.490 e. The van der Waals surface area contributed by atoms with Crippen LogP contribution in [0.2, 0.25) is 0 Å². The average Bonchev–Trinajstić information content (AvgIpc) is 2.04.